The molecule has 1 rings (SSSR count). The zero-order valence-corrected chi connectivity index (χ0v) is 12.2. The van der Waals surface area contributed by atoms with E-state index >= 15 is 0 Å². The fourth-order valence-electron chi connectivity index (χ4n) is 2.88. The van der Waals surface area contributed by atoms with E-state index in [4.69, 9.17) is 0 Å². The Morgan fingerprint density at radius 3 is 2.21 bits per heavy atom. The van der Waals surface area contributed by atoms with Crippen molar-refractivity contribution >= 4 is 12.0 Å². The topological polar surface area (TPSA) is 69.6 Å². The van der Waals surface area contributed by atoms with Gasteiger partial charge in [-0.15, -0.1) is 0 Å². The Kier molecular flexibility index (Phi) is 5.63. The molecule has 5 heteroatoms. The average molecular weight is 270 g/mol. The summed E-state index contributed by atoms with van der Waals surface area (Å²) in [6.45, 7) is 7.08. The van der Waals surface area contributed by atoms with Crippen LogP contribution < -0.4 is 5.32 Å². The van der Waals surface area contributed by atoms with Crippen LogP contribution in [-0.2, 0) is 4.79 Å². The van der Waals surface area contributed by atoms with Crippen LogP contribution >= 0.6 is 0 Å². The maximum Gasteiger partial charge on any atom is 0.326 e. The van der Waals surface area contributed by atoms with E-state index < -0.39 is 12.0 Å². The summed E-state index contributed by atoms with van der Waals surface area (Å²) >= 11 is 0. The summed E-state index contributed by atoms with van der Waals surface area (Å²) < 4.78 is 0. The number of carbonyl (C=O) groups is 2. The molecule has 0 aliphatic heterocycles. The number of aliphatic carboxylic acids is 1. The largest absolute Gasteiger partial charge is 0.480 e. The number of carboxylic acid groups (broad SMARTS) is 1. The Morgan fingerprint density at radius 2 is 1.79 bits per heavy atom. The van der Waals surface area contributed by atoms with E-state index in [2.05, 4.69) is 12.2 Å². The molecule has 0 radical (unpaired) electrons. The normalized spacial score (nSPS) is 18.9. The SMILES string of the molecule is CCN(CC)C(=O)NC(CC1(C)CCCC1)C(=O)O. The Morgan fingerprint density at radius 1 is 1.26 bits per heavy atom. The Bertz CT molecular complexity index is 321. The summed E-state index contributed by atoms with van der Waals surface area (Å²) in [7, 11) is 0. The van der Waals surface area contributed by atoms with Crippen LogP contribution in [-0.4, -0.2) is 41.1 Å². The number of carbonyl (C=O) groups excluding carboxylic acids is 1. The van der Waals surface area contributed by atoms with E-state index in [1.807, 2.05) is 13.8 Å². The van der Waals surface area contributed by atoms with Gasteiger partial charge in [-0.2, -0.15) is 0 Å². The molecular weight excluding hydrogens is 244 g/mol. The minimum absolute atomic E-state index is 0.0552. The Labute approximate surface area is 115 Å². The first-order valence-electron chi connectivity index (χ1n) is 7.20. The molecule has 0 aromatic heterocycles. The summed E-state index contributed by atoms with van der Waals surface area (Å²) in [5, 5.41) is 11.9. The molecule has 19 heavy (non-hydrogen) atoms. The zero-order valence-electron chi connectivity index (χ0n) is 12.2. The minimum atomic E-state index is -0.936. The predicted molar refractivity (Wildman–Crippen MR) is 74.1 cm³/mol. The molecule has 0 heterocycles. The van der Waals surface area contributed by atoms with Crippen molar-refractivity contribution in [2.45, 2.75) is 58.9 Å². The van der Waals surface area contributed by atoms with Crippen molar-refractivity contribution in [2.75, 3.05) is 13.1 Å². The lowest BCUT2D eigenvalue weighted by Gasteiger charge is -2.29. The first-order valence-corrected chi connectivity index (χ1v) is 7.20. The van der Waals surface area contributed by atoms with Gasteiger partial charge in [0, 0.05) is 13.1 Å². The van der Waals surface area contributed by atoms with Gasteiger partial charge in [0.05, 0.1) is 0 Å². The number of rotatable bonds is 6. The zero-order chi connectivity index (χ0) is 14.5. The van der Waals surface area contributed by atoms with Gasteiger partial charge in [-0.1, -0.05) is 19.8 Å². The number of nitrogens with one attached hydrogen (secondary N) is 1. The van der Waals surface area contributed by atoms with Gasteiger partial charge < -0.3 is 15.3 Å². The number of nitrogens with zero attached hydrogens (tertiary/aromatic N) is 1. The second-order valence-electron chi connectivity index (χ2n) is 5.73. The predicted octanol–water partition coefficient (Wildman–Crippen LogP) is 2.46. The second kappa shape index (κ2) is 6.78. The van der Waals surface area contributed by atoms with Gasteiger partial charge in [-0.25, -0.2) is 9.59 Å². The van der Waals surface area contributed by atoms with Gasteiger partial charge in [-0.05, 0) is 38.5 Å². The number of carboxylic acids is 1. The van der Waals surface area contributed by atoms with E-state index in [-0.39, 0.29) is 11.4 Å². The van der Waals surface area contributed by atoms with Crippen LogP contribution in [0.5, 0.6) is 0 Å². The average Bonchev–Trinajstić information content (AvgIpc) is 2.76. The summed E-state index contributed by atoms with van der Waals surface area (Å²) in [4.78, 5) is 24.9. The van der Waals surface area contributed by atoms with Gasteiger partial charge in [-0.3, -0.25) is 0 Å². The molecule has 2 N–H and O–H groups in total. The Hall–Kier alpha value is -1.26. The third kappa shape index (κ3) is 4.40. The van der Waals surface area contributed by atoms with Crippen LogP contribution in [0, 0.1) is 5.41 Å². The molecule has 1 aliphatic carbocycles. The van der Waals surface area contributed by atoms with E-state index in [1.54, 1.807) is 4.90 Å². The van der Waals surface area contributed by atoms with Gasteiger partial charge in [0.25, 0.3) is 0 Å². The van der Waals surface area contributed by atoms with Crippen LogP contribution in [0.25, 0.3) is 0 Å². The van der Waals surface area contributed by atoms with Crippen molar-refractivity contribution in [1.29, 1.82) is 0 Å². The number of hydrogen-bond donors (Lipinski definition) is 2. The standard InChI is InChI=1S/C14H26N2O3/c1-4-16(5-2)13(19)15-11(12(17)18)10-14(3)8-6-7-9-14/h11H,4-10H2,1-3H3,(H,15,19)(H,17,18). The third-order valence-corrected chi connectivity index (χ3v) is 4.15. The molecule has 0 aromatic carbocycles. The molecule has 1 atom stereocenters. The van der Waals surface area contributed by atoms with Gasteiger partial charge in [0.1, 0.15) is 6.04 Å². The van der Waals surface area contributed by atoms with E-state index in [9.17, 15) is 14.7 Å². The molecule has 1 saturated carbocycles. The molecule has 5 nitrogen and oxygen atoms in total. The summed E-state index contributed by atoms with van der Waals surface area (Å²) in [5.41, 5.74) is 0.0552. The molecule has 2 amide bonds. The minimum Gasteiger partial charge on any atom is -0.480 e. The van der Waals surface area contributed by atoms with Gasteiger partial charge >= 0.3 is 12.0 Å². The molecule has 0 spiro atoms. The fourth-order valence-corrected chi connectivity index (χ4v) is 2.88. The van der Waals surface area contributed by atoms with Crippen molar-refractivity contribution in [3.63, 3.8) is 0 Å². The van der Waals surface area contributed by atoms with E-state index in [0.717, 1.165) is 25.7 Å². The van der Waals surface area contributed by atoms with Crippen molar-refractivity contribution in [3.05, 3.63) is 0 Å². The smallest absolute Gasteiger partial charge is 0.326 e. The molecule has 1 fully saturated rings. The maximum absolute atomic E-state index is 11.9. The summed E-state index contributed by atoms with van der Waals surface area (Å²) in [6.07, 6.45) is 4.95. The number of urea groups is 1. The van der Waals surface area contributed by atoms with Crippen LogP contribution in [0.2, 0.25) is 0 Å². The van der Waals surface area contributed by atoms with E-state index in [0.29, 0.717) is 19.5 Å². The molecule has 1 unspecified atom stereocenters. The van der Waals surface area contributed by atoms with E-state index in [1.165, 1.54) is 0 Å². The second-order valence-corrected chi connectivity index (χ2v) is 5.73. The first kappa shape index (κ1) is 15.8. The molecule has 0 aromatic rings. The van der Waals surface area contributed by atoms with Crippen molar-refractivity contribution in [3.8, 4) is 0 Å². The molecule has 0 saturated heterocycles. The molecular formula is C14H26N2O3. The lowest BCUT2D eigenvalue weighted by molar-refractivity contribution is -0.140. The fraction of sp³-hybridized carbons (Fsp3) is 0.857. The monoisotopic (exact) mass is 270 g/mol. The number of hydrogen-bond acceptors (Lipinski definition) is 2. The molecule has 0 bridgehead atoms. The number of amides is 2. The summed E-state index contributed by atoms with van der Waals surface area (Å²) in [5.74, 6) is -0.936. The quantitative estimate of drug-likeness (QED) is 0.779. The third-order valence-electron chi connectivity index (χ3n) is 4.15. The van der Waals surface area contributed by atoms with Crippen LogP contribution in [0.4, 0.5) is 4.79 Å². The Balaban J connectivity index is 2.62. The van der Waals surface area contributed by atoms with Crippen molar-refractivity contribution < 1.29 is 14.7 Å². The molecule has 1 aliphatic rings. The van der Waals surface area contributed by atoms with Crippen LogP contribution in [0.3, 0.4) is 0 Å². The highest BCUT2D eigenvalue weighted by Crippen LogP contribution is 2.41. The lowest BCUT2D eigenvalue weighted by Crippen LogP contribution is -2.49. The summed E-state index contributed by atoms with van der Waals surface area (Å²) in [6, 6.07) is -1.06. The van der Waals surface area contributed by atoms with Crippen LogP contribution in [0.1, 0.15) is 52.9 Å². The highest BCUT2D eigenvalue weighted by molar-refractivity contribution is 5.82. The van der Waals surface area contributed by atoms with Gasteiger partial charge in [0.15, 0.2) is 0 Å². The highest BCUT2D eigenvalue weighted by Gasteiger charge is 2.35. The molecule has 110 valence electrons. The first-order chi connectivity index (χ1) is 8.91. The van der Waals surface area contributed by atoms with Gasteiger partial charge in [0.2, 0.25) is 0 Å². The van der Waals surface area contributed by atoms with Crippen molar-refractivity contribution in [2.24, 2.45) is 5.41 Å². The van der Waals surface area contributed by atoms with Crippen LogP contribution in [0.15, 0.2) is 0 Å². The van der Waals surface area contributed by atoms with Crippen molar-refractivity contribution in [1.82, 2.24) is 10.2 Å². The lowest BCUT2D eigenvalue weighted by atomic mass is 9.82. The highest BCUT2D eigenvalue weighted by atomic mass is 16.4. The maximum atomic E-state index is 11.9.